The second-order valence-electron chi connectivity index (χ2n) is 14.5. The summed E-state index contributed by atoms with van der Waals surface area (Å²) in [6.45, 7) is 6.84. The molecule has 0 aliphatic rings. The molecular weight excluding hydrogens is 647 g/mol. The Balaban J connectivity index is 1.32. The van der Waals surface area contributed by atoms with Gasteiger partial charge in [0.15, 0.2) is 0 Å². The molecule has 0 N–H and O–H groups in total. The molecule has 1 heterocycles. The summed E-state index contributed by atoms with van der Waals surface area (Å²) in [5.74, 6) is 0. The van der Waals surface area contributed by atoms with Gasteiger partial charge in [-0.3, -0.25) is 0 Å². The molecule has 0 bridgehead atoms. The Morgan fingerprint density at radius 1 is 0.423 bits per heavy atom. The van der Waals surface area contributed by atoms with E-state index in [0.29, 0.717) is 0 Å². The molecule has 8 aromatic carbocycles. The van der Waals surface area contributed by atoms with Crippen LogP contribution in [0.15, 0.2) is 182 Å². The molecule has 1 aromatic heterocycles. The maximum atomic E-state index is 2.48. The molecule has 0 atom stereocenters. The van der Waals surface area contributed by atoms with Gasteiger partial charge in [-0.2, -0.15) is 0 Å². The lowest BCUT2D eigenvalue weighted by atomic mass is 9.87. The second kappa shape index (κ2) is 13.0. The van der Waals surface area contributed by atoms with Crippen molar-refractivity contribution in [2.75, 3.05) is 4.90 Å². The lowest BCUT2D eigenvalue weighted by Gasteiger charge is -2.31. The number of rotatable bonds is 6. The van der Waals surface area contributed by atoms with Gasteiger partial charge in [0.25, 0.3) is 0 Å². The maximum Gasteiger partial charge on any atom is 0.0540 e. The van der Waals surface area contributed by atoms with Crippen LogP contribution >= 0.6 is 11.3 Å². The molecule has 0 saturated carbocycles. The molecule has 9 aromatic rings. The number of nitrogens with zero attached hydrogens (tertiary/aromatic N) is 1. The zero-order valence-corrected chi connectivity index (χ0v) is 30.5. The van der Waals surface area contributed by atoms with E-state index in [1.165, 1.54) is 69.9 Å². The molecule has 1 nitrogen and oxygen atoms in total. The van der Waals surface area contributed by atoms with Crippen molar-refractivity contribution in [2.24, 2.45) is 0 Å². The number of para-hydroxylation sites is 2. The van der Waals surface area contributed by atoms with E-state index in [0.717, 1.165) is 17.1 Å². The molecule has 250 valence electrons. The highest BCUT2D eigenvalue weighted by atomic mass is 32.1. The Labute approximate surface area is 310 Å². The number of hydrogen-bond acceptors (Lipinski definition) is 2. The first-order valence-corrected chi connectivity index (χ1v) is 18.8. The minimum atomic E-state index is 0.0484. The van der Waals surface area contributed by atoms with E-state index < -0.39 is 0 Å². The van der Waals surface area contributed by atoms with Crippen molar-refractivity contribution < 1.29 is 0 Å². The smallest absolute Gasteiger partial charge is 0.0540 e. The van der Waals surface area contributed by atoms with Gasteiger partial charge in [-0.05, 0) is 68.8 Å². The van der Waals surface area contributed by atoms with Crippen LogP contribution in [0.5, 0.6) is 0 Å². The SMILES string of the molecule is CC(C)(C)c1ccc(N(c2ccccc2-c2cccc3c2sc2ccccc23)c2ccccc2-c2cccc3cccc(-c4ccccc4)c23)cc1. The normalized spacial score (nSPS) is 11.8. The molecule has 0 fully saturated rings. The predicted molar refractivity (Wildman–Crippen MR) is 227 cm³/mol. The van der Waals surface area contributed by atoms with Crippen LogP contribution < -0.4 is 4.90 Å². The average Bonchev–Trinajstić information content (AvgIpc) is 3.57. The number of anilines is 3. The van der Waals surface area contributed by atoms with Crippen LogP contribution in [0.2, 0.25) is 0 Å². The Morgan fingerprint density at radius 2 is 0.962 bits per heavy atom. The van der Waals surface area contributed by atoms with Crippen LogP contribution in [0.25, 0.3) is 64.3 Å². The van der Waals surface area contributed by atoms with Gasteiger partial charge < -0.3 is 4.90 Å². The van der Waals surface area contributed by atoms with Gasteiger partial charge in [0.2, 0.25) is 0 Å². The average molecular weight is 686 g/mol. The first kappa shape index (κ1) is 32.0. The first-order valence-electron chi connectivity index (χ1n) is 18.0. The quantitative estimate of drug-likeness (QED) is 0.168. The van der Waals surface area contributed by atoms with Crippen molar-refractivity contribution in [2.45, 2.75) is 26.2 Å². The molecule has 2 heteroatoms. The third-order valence-electron chi connectivity index (χ3n) is 10.3. The van der Waals surface area contributed by atoms with Crippen molar-refractivity contribution >= 4 is 59.3 Å². The third-order valence-corrected chi connectivity index (χ3v) is 11.5. The highest BCUT2D eigenvalue weighted by molar-refractivity contribution is 7.26. The van der Waals surface area contributed by atoms with Crippen LogP contribution in [0.4, 0.5) is 17.1 Å². The summed E-state index contributed by atoms with van der Waals surface area (Å²) < 4.78 is 2.63. The second-order valence-corrected chi connectivity index (χ2v) is 15.6. The third kappa shape index (κ3) is 5.57. The zero-order chi connectivity index (χ0) is 35.2. The summed E-state index contributed by atoms with van der Waals surface area (Å²) in [6, 6.07) is 66.7. The van der Waals surface area contributed by atoms with Crippen molar-refractivity contribution in [3.05, 3.63) is 188 Å². The number of fused-ring (bicyclic) bond motifs is 4. The Bertz CT molecular complexity index is 2710. The summed E-state index contributed by atoms with van der Waals surface area (Å²) in [4.78, 5) is 2.48. The van der Waals surface area contributed by atoms with Crippen molar-refractivity contribution in [1.82, 2.24) is 0 Å². The molecule has 0 unspecified atom stereocenters. The Morgan fingerprint density at radius 3 is 1.67 bits per heavy atom. The van der Waals surface area contributed by atoms with E-state index in [-0.39, 0.29) is 5.41 Å². The highest BCUT2D eigenvalue weighted by Crippen LogP contribution is 2.49. The molecule has 0 aliphatic heterocycles. The summed E-state index contributed by atoms with van der Waals surface area (Å²) in [5.41, 5.74) is 12.1. The lowest BCUT2D eigenvalue weighted by molar-refractivity contribution is 0.590. The van der Waals surface area contributed by atoms with Crippen molar-refractivity contribution in [3.8, 4) is 33.4 Å². The molecule has 0 saturated heterocycles. The van der Waals surface area contributed by atoms with E-state index in [4.69, 9.17) is 0 Å². The fourth-order valence-electron chi connectivity index (χ4n) is 7.69. The fraction of sp³-hybridized carbons (Fsp3) is 0.0800. The van der Waals surface area contributed by atoms with Gasteiger partial charge in [0.1, 0.15) is 0 Å². The van der Waals surface area contributed by atoms with Crippen LogP contribution in [0.1, 0.15) is 26.3 Å². The van der Waals surface area contributed by atoms with Crippen LogP contribution in [0, 0.1) is 0 Å². The summed E-state index contributed by atoms with van der Waals surface area (Å²) in [6.07, 6.45) is 0. The van der Waals surface area contributed by atoms with Gasteiger partial charge in [0.05, 0.1) is 11.4 Å². The van der Waals surface area contributed by atoms with Crippen LogP contribution in [-0.2, 0) is 5.41 Å². The Kier molecular flexibility index (Phi) is 7.98. The Hall–Kier alpha value is -5.96. The van der Waals surface area contributed by atoms with E-state index in [1.54, 1.807) is 0 Å². The van der Waals surface area contributed by atoms with Gasteiger partial charge in [-0.15, -0.1) is 11.3 Å². The molecule has 0 amide bonds. The molecule has 9 rings (SSSR count). The minimum absolute atomic E-state index is 0.0484. The molecule has 0 aliphatic carbocycles. The van der Waals surface area contributed by atoms with Crippen LogP contribution in [-0.4, -0.2) is 0 Å². The zero-order valence-electron chi connectivity index (χ0n) is 29.7. The summed E-state index contributed by atoms with van der Waals surface area (Å²) in [5, 5.41) is 5.10. The molecule has 52 heavy (non-hydrogen) atoms. The number of hydrogen-bond donors (Lipinski definition) is 0. The largest absolute Gasteiger partial charge is 0.309 e. The van der Waals surface area contributed by atoms with Gasteiger partial charge >= 0.3 is 0 Å². The van der Waals surface area contributed by atoms with Gasteiger partial charge in [-0.25, -0.2) is 0 Å². The standard InChI is InChI=1S/C50H39NS/c1-50(2,3)36-30-32-37(33-31-36)51(46-28-11-8-21-40(46)43-25-15-26-44-41-22-9-12-29-47(41)52-49(43)44)45-27-10-7-20-39(45)42-24-14-19-35-18-13-23-38(48(35)42)34-16-5-4-6-17-34/h4-33H,1-3H3. The fourth-order valence-corrected chi connectivity index (χ4v) is 8.92. The lowest BCUT2D eigenvalue weighted by Crippen LogP contribution is -2.14. The first-order chi connectivity index (χ1) is 25.5. The van der Waals surface area contributed by atoms with E-state index in [9.17, 15) is 0 Å². The molecular formula is C50H39NS. The molecule has 0 spiro atoms. The summed E-state index contributed by atoms with van der Waals surface area (Å²) in [7, 11) is 0. The van der Waals surface area contributed by atoms with Crippen LogP contribution in [0.3, 0.4) is 0 Å². The van der Waals surface area contributed by atoms with E-state index in [2.05, 4.69) is 208 Å². The maximum absolute atomic E-state index is 2.48. The predicted octanol–water partition coefficient (Wildman–Crippen LogP) is 15.0. The van der Waals surface area contributed by atoms with Gasteiger partial charge in [0, 0.05) is 42.6 Å². The highest BCUT2D eigenvalue weighted by Gasteiger charge is 2.24. The number of thiophene rings is 1. The van der Waals surface area contributed by atoms with E-state index in [1.807, 2.05) is 11.3 Å². The van der Waals surface area contributed by atoms with E-state index >= 15 is 0 Å². The number of benzene rings is 8. The molecule has 0 radical (unpaired) electrons. The topological polar surface area (TPSA) is 3.24 Å². The summed E-state index contributed by atoms with van der Waals surface area (Å²) >= 11 is 1.88. The van der Waals surface area contributed by atoms with Gasteiger partial charge in [-0.1, -0.05) is 172 Å². The van der Waals surface area contributed by atoms with Crippen molar-refractivity contribution in [3.63, 3.8) is 0 Å². The monoisotopic (exact) mass is 685 g/mol. The van der Waals surface area contributed by atoms with Crippen molar-refractivity contribution in [1.29, 1.82) is 0 Å². The minimum Gasteiger partial charge on any atom is -0.309 e.